The van der Waals surface area contributed by atoms with Crippen LogP contribution in [0.5, 0.6) is 0 Å². The minimum Gasteiger partial charge on any atom is -0.262 e. The summed E-state index contributed by atoms with van der Waals surface area (Å²) in [5.74, 6) is 0.462. The maximum atomic E-state index is 5.71. The number of aromatic nitrogens is 3. The highest BCUT2D eigenvalue weighted by atomic mass is 79.9. The summed E-state index contributed by atoms with van der Waals surface area (Å²) in [7, 11) is 0. The molecule has 0 aliphatic carbocycles. The van der Waals surface area contributed by atoms with Gasteiger partial charge in [0.05, 0.1) is 22.6 Å². The lowest BCUT2D eigenvalue weighted by Gasteiger charge is -2.01. The van der Waals surface area contributed by atoms with Gasteiger partial charge in [0.15, 0.2) is 0 Å². The number of rotatable bonds is 2. The van der Waals surface area contributed by atoms with Crippen molar-refractivity contribution in [3.8, 4) is 5.69 Å². The van der Waals surface area contributed by atoms with E-state index < -0.39 is 0 Å². The van der Waals surface area contributed by atoms with Crippen molar-refractivity contribution in [1.29, 1.82) is 0 Å². The van der Waals surface area contributed by atoms with E-state index in [0.29, 0.717) is 5.88 Å². The second-order valence-electron chi connectivity index (χ2n) is 2.79. The molecule has 0 spiro atoms. The van der Waals surface area contributed by atoms with Crippen LogP contribution in [0, 0.1) is 0 Å². The molecule has 0 fully saturated rings. The zero-order chi connectivity index (χ0) is 9.97. The lowest BCUT2D eigenvalue weighted by molar-refractivity contribution is 0.871. The molecule has 0 saturated heterocycles. The van der Waals surface area contributed by atoms with E-state index in [-0.39, 0.29) is 0 Å². The molecule has 0 bridgehead atoms. The number of pyridine rings is 1. The molecule has 0 saturated carbocycles. The first kappa shape index (κ1) is 9.68. The highest BCUT2D eigenvalue weighted by Gasteiger charge is 2.00. The molecule has 72 valence electrons. The zero-order valence-corrected chi connectivity index (χ0v) is 9.53. The smallest absolute Gasteiger partial charge is 0.0832 e. The number of halogens is 2. The van der Waals surface area contributed by atoms with Gasteiger partial charge in [-0.05, 0) is 27.6 Å². The van der Waals surface area contributed by atoms with Crippen molar-refractivity contribution in [3.05, 3.63) is 40.9 Å². The van der Waals surface area contributed by atoms with E-state index in [1.165, 1.54) is 0 Å². The fourth-order valence-electron chi connectivity index (χ4n) is 1.11. The Bertz CT molecular complexity index is 441. The van der Waals surface area contributed by atoms with Crippen LogP contribution in [0.4, 0.5) is 0 Å². The topological polar surface area (TPSA) is 30.7 Å². The van der Waals surface area contributed by atoms with Crippen molar-refractivity contribution in [2.24, 2.45) is 0 Å². The Labute approximate surface area is 94.9 Å². The quantitative estimate of drug-likeness (QED) is 0.787. The molecule has 0 radical (unpaired) electrons. The zero-order valence-electron chi connectivity index (χ0n) is 7.19. The summed E-state index contributed by atoms with van der Waals surface area (Å²) in [5.41, 5.74) is 1.89. The number of nitrogens with zero attached hydrogens (tertiary/aromatic N) is 3. The molecule has 0 N–H and O–H groups in total. The van der Waals surface area contributed by atoms with Gasteiger partial charge in [-0.1, -0.05) is 0 Å². The largest absolute Gasteiger partial charge is 0.262 e. The molecule has 3 nitrogen and oxygen atoms in total. The molecular formula is C9H7BrClN3. The van der Waals surface area contributed by atoms with Gasteiger partial charge < -0.3 is 0 Å². The average molecular weight is 273 g/mol. The third-order valence-corrected chi connectivity index (χ3v) is 2.47. The van der Waals surface area contributed by atoms with E-state index in [4.69, 9.17) is 11.6 Å². The highest BCUT2D eigenvalue weighted by Crippen LogP contribution is 2.13. The minimum atomic E-state index is 0.462. The first-order valence-corrected chi connectivity index (χ1v) is 5.33. The van der Waals surface area contributed by atoms with Crippen molar-refractivity contribution < 1.29 is 0 Å². The number of hydrogen-bond donors (Lipinski definition) is 0. The van der Waals surface area contributed by atoms with Crippen LogP contribution >= 0.6 is 27.5 Å². The van der Waals surface area contributed by atoms with Gasteiger partial charge in [0.2, 0.25) is 0 Å². The fraction of sp³-hybridized carbons (Fsp3) is 0.111. The van der Waals surface area contributed by atoms with Crippen molar-refractivity contribution in [1.82, 2.24) is 14.8 Å². The number of alkyl halides is 1. The van der Waals surface area contributed by atoms with Gasteiger partial charge in [-0.15, -0.1) is 11.6 Å². The minimum absolute atomic E-state index is 0.462. The number of hydrogen-bond acceptors (Lipinski definition) is 2. The molecular weight excluding hydrogens is 265 g/mol. The van der Waals surface area contributed by atoms with Gasteiger partial charge in [0, 0.05) is 18.3 Å². The van der Waals surface area contributed by atoms with Crippen LogP contribution in [0.25, 0.3) is 5.69 Å². The molecule has 5 heteroatoms. The Morgan fingerprint density at radius 3 is 2.86 bits per heavy atom. The fourth-order valence-corrected chi connectivity index (χ4v) is 1.55. The van der Waals surface area contributed by atoms with E-state index in [9.17, 15) is 0 Å². The predicted octanol–water partition coefficient (Wildman–Crippen LogP) is 2.77. The van der Waals surface area contributed by atoms with Gasteiger partial charge in [0.25, 0.3) is 0 Å². The highest BCUT2D eigenvalue weighted by molar-refractivity contribution is 9.10. The molecule has 0 aromatic carbocycles. The lowest BCUT2D eigenvalue weighted by atomic mass is 10.3. The molecule has 2 rings (SSSR count). The molecule has 0 aliphatic heterocycles. The summed E-state index contributed by atoms with van der Waals surface area (Å²) >= 11 is 9.05. The van der Waals surface area contributed by atoms with Crippen LogP contribution < -0.4 is 0 Å². The Balaban J connectivity index is 2.41. The van der Waals surface area contributed by atoms with Gasteiger partial charge in [-0.25, -0.2) is 4.68 Å². The van der Waals surface area contributed by atoms with Crippen molar-refractivity contribution in [2.45, 2.75) is 5.88 Å². The summed E-state index contributed by atoms with van der Waals surface area (Å²) in [4.78, 5) is 4.08. The molecule has 2 aromatic rings. The molecule has 14 heavy (non-hydrogen) atoms. The molecule has 2 aromatic heterocycles. The molecule has 0 aliphatic rings. The van der Waals surface area contributed by atoms with E-state index >= 15 is 0 Å². The summed E-state index contributed by atoms with van der Waals surface area (Å²) in [6.45, 7) is 0. The molecule has 0 atom stereocenters. The van der Waals surface area contributed by atoms with Gasteiger partial charge >= 0.3 is 0 Å². The van der Waals surface area contributed by atoms with E-state index in [1.54, 1.807) is 23.3 Å². The van der Waals surface area contributed by atoms with E-state index in [1.807, 2.05) is 12.3 Å². The van der Waals surface area contributed by atoms with Crippen molar-refractivity contribution >= 4 is 27.5 Å². The van der Waals surface area contributed by atoms with Crippen LogP contribution in [-0.4, -0.2) is 14.8 Å². The van der Waals surface area contributed by atoms with Crippen LogP contribution in [0.15, 0.2) is 35.3 Å². The Morgan fingerprint density at radius 2 is 2.21 bits per heavy atom. The SMILES string of the molecule is ClCc1cncc(-n2cc(Br)cn2)c1. The third-order valence-electron chi connectivity index (χ3n) is 1.75. The standard InChI is InChI=1S/C9H7BrClN3/c10-8-4-13-14(6-8)9-1-7(2-11)3-12-5-9/h1,3-6H,2H2. The second-order valence-corrected chi connectivity index (χ2v) is 3.97. The summed E-state index contributed by atoms with van der Waals surface area (Å²) in [5, 5.41) is 4.15. The van der Waals surface area contributed by atoms with Crippen molar-refractivity contribution in [2.75, 3.05) is 0 Å². The summed E-state index contributed by atoms with van der Waals surface area (Å²) in [6, 6.07) is 1.96. The van der Waals surface area contributed by atoms with Gasteiger partial charge in [-0.3, -0.25) is 4.98 Å². The predicted molar refractivity (Wildman–Crippen MR) is 58.6 cm³/mol. The van der Waals surface area contributed by atoms with Crippen LogP contribution in [0.1, 0.15) is 5.56 Å². The van der Waals surface area contributed by atoms with Crippen LogP contribution in [0.2, 0.25) is 0 Å². The van der Waals surface area contributed by atoms with Gasteiger partial charge in [-0.2, -0.15) is 5.10 Å². The van der Waals surface area contributed by atoms with E-state index in [0.717, 1.165) is 15.7 Å². The normalized spacial score (nSPS) is 10.4. The maximum Gasteiger partial charge on any atom is 0.0832 e. The average Bonchev–Trinajstić information content (AvgIpc) is 2.65. The van der Waals surface area contributed by atoms with Gasteiger partial charge in [0.1, 0.15) is 0 Å². The molecule has 2 heterocycles. The van der Waals surface area contributed by atoms with E-state index in [2.05, 4.69) is 26.0 Å². The van der Waals surface area contributed by atoms with Crippen molar-refractivity contribution in [3.63, 3.8) is 0 Å². The lowest BCUT2D eigenvalue weighted by Crippen LogP contribution is -1.95. The van der Waals surface area contributed by atoms with Crippen LogP contribution in [0.3, 0.4) is 0 Å². The first-order chi connectivity index (χ1) is 6.79. The maximum absolute atomic E-state index is 5.71. The second kappa shape index (κ2) is 4.11. The Kier molecular flexibility index (Phi) is 2.84. The summed E-state index contributed by atoms with van der Waals surface area (Å²) < 4.78 is 2.68. The van der Waals surface area contributed by atoms with Crippen LogP contribution in [-0.2, 0) is 5.88 Å². The molecule has 0 unspecified atom stereocenters. The summed E-state index contributed by atoms with van der Waals surface area (Å²) in [6.07, 6.45) is 7.09. The first-order valence-electron chi connectivity index (χ1n) is 4.00. The monoisotopic (exact) mass is 271 g/mol. The molecule has 0 amide bonds. The Morgan fingerprint density at radius 1 is 1.36 bits per heavy atom. The third kappa shape index (κ3) is 1.96. The Hall–Kier alpha value is -0.870.